The van der Waals surface area contributed by atoms with Crippen molar-refractivity contribution in [3.63, 3.8) is 0 Å². The van der Waals surface area contributed by atoms with Crippen molar-refractivity contribution in [2.75, 3.05) is 43.0 Å². The number of hydrogen-bond donors (Lipinski definition) is 0. The first-order valence-corrected chi connectivity index (χ1v) is 9.84. The second kappa shape index (κ2) is 6.88. The molecule has 140 valence electrons. The van der Waals surface area contributed by atoms with E-state index in [1.54, 1.807) is 25.1 Å². The van der Waals surface area contributed by atoms with Crippen LogP contribution in [0, 0.1) is 0 Å². The van der Waals surface area contributed by atoms with Crippen molar-refractivity contribution in [1.29, 1.82) is 0 Å². The number of para-hydroxylation sites is 1. The summed E-state index contributed by atoms with van der Waals surface area (Å²) in [6.45, 7) is 4.35. The summed E-state index contributed by atoms with van der Waals surface area (Å²) in [6, 6.07) is 13.6. The number of aromatic nitrogens is 1. The molecule has 0 bridgehead atoms. The average molecular weight is 382 g/mol. The van der Waals surface area contributed by atoms with Gasteiger partial charge in [-0.1, -0.05) is 30.0 Å². The molecule has 1 aromatic heterocycles. The van der Waals surface area contributed by atoms with Gasteiger partial charge >= 0.3 is 0 Å². The summed E-state index contributed by atoms with van der Waals surface area (Å²) in [6.07, 6.45) is 1.78. The first-order chi connectivity index (χ1) is 13.0. The standard InChI is InChI=1S/C20H22N4O2S/c1-20(18(25)22(2)15-7-3-4-8-16(15)27-20)19(26)24-13-11-23(12-14-24)17-9-5-6-10-21-17/h3-10H,11-14H2,1-2H3. The van der Waals surface area contributed by atoms with Crippen molar-refractivity contribution in [2.24, 2.45) is 0 Å². The molecule has 7 heteroatoms. The number of amides is 2. The topological polar surface area (TPSA) is 56.8 Å². The van der Waals surface area contributed by atoms with Crippen LogP contribution in [0.25, 0.3) is 0 Å². The van der Waals surface area contributed by atoms with Crippen molar-refractivity contribution in [1.82, 2.24) is 9.88 Å². The van der Waals surface area contributed by atoms with Crippen molar-refractivity contribution in [3.05, 3.63) is 48.7 Å². The number of piperazine rings is 1. The van der Waals surface area contributed by atoms with Crippen LogP contribution in [-0.2, 0) is 9.59 Å². The molecule has 27 heavy (non-hydrogen) atoms. The first-order valence-electron chi connectivity index (χ1n) is 9.02. The van der Waals surface area contributed by atoms with Crippen LogP contribution in [0.2, 0.25) is 0 Å². The van der Waals surface area contributed by atoms with Gasteiger partial charge in [0.2, 0.25) is 5.91 Å². The largest absolute Gasteiger partial charge is 0.353 e. The third-order valence-electron chi connectivity index (χ3n) is 5.20. The van der Waals surface area contributed by atoms with E-state index in [4.69, 9.17) is 0 Å². The Hall–Kier alpha value is -2.54. The summed E-state index contributed by atoms with van der Waals surface area (Å²) in [5.74, 6) is 0.649. The van der Waals surface area contributed by atoms with Crippen molar-refractivity contribution in [3.8, 4) is 0 Å². The minimum Gasteiger partial charge on any atom is -0.353 e. The van der Waals surface area contributed by atoms with Crippen molar-refractivity contribution < 1.29 is 9.59 Å². The normalized spacial score (nSPS) is 22.6. The molecule has 4 rings (SSSR count). The highest BCUT2D eigenvalue weighted by Gasteiger charge is 2.50. The SMILES string of the molecule is CN1C(=O)C(C)(C(=O)N2CCN(c3ccccn3)CC2)Sc2ccccc21. The van der Waals surface area contributed by atoms with Gasteiger partial charge in [-0.15, -0.1) is 0 Å². The summed E-state index contributed by atoms with van der Waals surface area (Å²) < 4.78 is -1.13. The number of carbonyl (C=O) groups is 2. The van der Waals surface area contributed by atoms with E-state index in [-0.39, 0.29) is 11.8 Å². The number of fused-ring (bicyclic) bond motifs is 1. The van der Waals surface area contributed by atoms with Crippen LogP contribution in [0.1, 0.15) is 6.92 Å². The zero-order valence-electron chi connectivity index (χ0n) is 15.5. The fourth-order valence-electron chi connectivity index (χ4n) is 3.63. The predicted molar refractivity (Wildman–Crippen MR) is 107 cm³/mol. The van der Waals surface area contributed by atoms with Gasteiger partial charge in [0.15, 0.2) is 4.75 Å². The summed E-state index contributed by atoms with van der Waals surface area (Å²) in [4.78, 5) is 37.3. The Morgan fingerprint density at radius 2 is 1.78 bits per heavy atom. The number of rotatable bonds is 2. The van der Waals surface area contributed by atoms with Crippen LogP contribution < -0.4 is 9.80 Å². The Bertz CT molecular complexity index is 867. The van der Waals surface area contributed by atoms with E-state index < -0.39 is 4.75 Å². The lowest BCUT2D eigenvalue weighted by Gasteiger charge is -2.42. The highest BCUT2D eigenvalue weighted by molar-refractivity contribution is 8.02. The second-order valence-electron chi connectivity index (χ2n) is 6.93. The smallest absolute Gasteiger partial charge is 0.252 e. The molecule has 0 saturated carbocycles. The van der Waals surface area contributed by atoms with E-state index in [9.17, 15) is 9.59 Å². The molecule has 1 saturated heterocycles. The quantitative estimate of drug-likeness (QED) is 0.746. The molecular formula is C20H22N4O2S. The highest BCUT2D eigenvalue weighted by Crippen LogP contribution is 2.45. The Balaban J connectivity index is 1.51. The van der Waals surface area contributed by atoms with Gasteiger partial charge in [0.25, 0.3) is 5.91 Å². The molecule has 0 spiro atoms. The highest BCUT2D eigenvalue weighted by atomic mass is 32.2. The minimum atomic E-state index is -1.13. The third kappa shape index (κ3) is 3.06. The number of thioether (sulfide) groups is 1. The van der Waals surface area contributed by atoms with Crippen LogP contribution in [0.15, 0.2) is 53.6 Å². The summed E-state index contributed by atoms with van der Waals surface area (Å²) in [5, 5.41) is 0. The molecule has 1 aromatic carbocycles. The second-order valence-corrected chi connectivity index (χ2v) is 8.39. The van der Waals surface area contributed by atoms with Gasteiger partial charge in [0.05, 0.1) is 5.69 Å². The molecule has 0 N–H and O–H groups in total. The monoisotopic (exact) mass is 382 g/mol. The molecule has 2 aliphatic heterocycles. The van der Waals surface area contributed by atoms with Gasteiger partial charge in [-0.25, -0.2) is 4.98 Å². The summed E-state index contributed by atoms with van der Waals surface area (Å²) in [5.41, 5.74) is 0.859. The van der Waals surface area contributed by atoms with Gasteiger partial charge in [-0.3, -0.25) is 9.59 Å². The van der Waals surface area contributed by atoms with Crippen LogP contribution in [0.4, 0.5) is 11.5 Å². The maximum atomic E-state index is 13.3. The molecule has 1 atom stereocenters. The van der Waals surface area contributed by atoms with Crippen LogP contribution in [0.5, 0.6) is 0 Å². The number of hydrogen-bond acceptors (Lipinski definition) is 5. The molecule has 1 unspecified atom stereocenters. The first kappa shape index (κ1) is 17.9. The summed E-state index contributed by atoms with van der Waals surface area (Å²) >= 11 is 1.36. The van der Waals surface area contributed by atoms with E-state index >= 15 is 0 Å². The molecule has 0 radical (unpaired) electrons. The predicted octanol–water partition coefficient (Wildman–Crippen LogP) is 2.26. The number of carbonyl (C=O) groups excluding carboxylic acids is 2. The number of pyridine rings is 1. The van der Waals surface area contributed by atoms with Gasteiger partial charge in [-0.05, 0) is 31.2 Å². The molecule has 6 nitrogen and oxygen atoms in total. The maximum Gasteiger partial charge on any atom is 0.252 e. The van der Waals surface area contributed by atoms with E-state index in [1.807, 2.05) is 47.4 Å². The van der Waals surface area contributed by atoms with Gasteiger partial charge in [0.1, 0.15) is 5.82 Å². The van der Waals surface area contributed by atoms with Crippen molar-refractivity contribution in [2.45, 2.75) is 16.6 Å². The minimum absolute atomic E-state index is 0.112. The Morgan fingerprint density at radius 1 is 1.07 bits per heavy atom. The average Bonchev–Trinajstić information content (AvgIpc) is 2.72. The molecule has 3 heterocycles. The Kier molecular flexibility index (Phi) is 4.55. The zero-order chi connectivity index (χ0) is 19.0. The lowest BCUT2D eigenvalue weighted by atomic mass is 10.1. The third-order valence-corrected chi connectivity index (χ3v) is 6.52. The van der Waals surface area contributed by atoms with E-state index in [1.165, 1.54) is 11.8 Å². The summed E-state index contributed by atoms with van der Waals surface area (Å²) in [7, 11) is 1.74. The molecule has 2 amide bonds. The van der Waals surface area contributed by atoms with Crippen LogP contribution in [0.3, 0.4) is 0 Å². The molecule has 2 aromatic rings. The number of anilines is 2. The lowest BCUT2D eigenvalue weighted by Crippen LogP contribution is -2.60. The van der Waals surface area contributed by atoms with Crippen molar-refractivity contribution >= 4 is 35.1 Å². The maximum absolute atomic E-state index is 13.3. The van der Waals surface area contributed by atoms with Crippen LogP contribution >= 0.6 is 11.8 Å². The fourth-order valence-corrected chi connectivity index (χ4v) is 4.97. The molecular weight excluding hydrogens is 360 g/mol. The van der Waals surface area contributed by atoms with E-state index in [0.29, 0.717) is 26.2 Å². The lowest BCUT2D eigenvalue weighted by molar-refractivity contribution is -0.138. The van der Waals surface area contributed by atoms with Crippen LogP contribution in [-0.4, -0.2) is 59.7 Å². The zero-order valence-corrected chi connectivity index (χ0v) is 16.3. The van der Waals surface area contributed by atoms with Gasteiger partial charge in [0, 0.05) is 44.3 Å². The molecule has 0 aliphatic carbocycles. The number of benzene rings is 1. The Labute approximate surface area is 163 Å². The number of nitrogens with zero attached hydrogens (tertiary/aromatic N) is 4. The Morgan fingerprint density at radius 3 is 2.48 bits per heavy atom. The van der Waals surface area contributed by atoms with E-state index in [2.05, 4.69) is 9.88 Å². The van der Waals surface area contributed by atoms with E-state index in [0.717, 1.165) is 16.4 Å². The molecule has 2 aliphatic rings. The van der Waals surface area contributed by atoms with Gasteiger partial charge in [-0.2, -0.15) is 0 Å². The fraction of sp³-hybridized carbons (Fsp3) is 0.350. The van der Waals surface area contributed by atoms with Gasteiger partial charge < -0.3 is 14.7 Å². The molecule has 1 fully saturated rings.